The first-order valence-corrected chi connectivity index (χ1v) is 19.5. The SMILES string of the molecule is CC.c1ccc2c(c1)sc1c(-n3c4ccccc4c4cc(-n5c6ccccc6c6ccccc65)ccc43)nc(-n3c4ccccc4c4ccccc43)cc12. The molecule has 0 aliphatic rings. The van der Waals surface area contributed by atoms with Gasteiger partial charge in [0, 0.05) is 53.5 Å². The summed E-state index contributed by atoms with van der Waals surface area (Å²) >= 11 is 1.82. The fourth-order valence-electron chi connectivity index (χ4n) is 8.66. The molecule has 0 aliphatic heterocycles. The van der Waals surface area contributed by atoms with Crippen molar-refractivity contribution < 1.29 is 0 Å². The van der Waals surface area contributed by atoms with E-state index in [0.29, 0.717) is 0 Å². The maximum Gasteiger partial charge on any atom is 0.158 e. The minimum absolute atomic E-state index is 0.913. The number of rotatable bonds is 3. The third-order valence-electron chi connectivity index (χ3n) is 10.8. The Hall–Kier alpha value is -6.69. The zero-order valence-corrected chi connectivity index (χ0v) is 30.7. The summed E-state index contributed by atoms with van der Waals surface area (Å²) in [6.07, 6.45) is 0. The van der Waals surface area contributed by atoms with Crippen molar-refractivity contribution in [1.29, 1.82) is 0 Å². The smallest absolute Gasteiger partial charge is 0.158 e. The monoisotopic (exact) mass is 710 g/mol. The summed E-state index contributed by atoms with van der Waals surface area (Å²) in [7, 11) is 0. The zero-order chi connectivity index (χ0) is 35.9. The van der Waals surface area contributed by atoms with Crippen LogP contribution in [-0.4, -0.2) is 18.7 Å². The molecule has 0 spiro atoms. The molecule has 5 aromatic heterocycles. The van der Waals surface area contributed by atoms with E-state index < -0.39 is 0 Å². The van der Waals surface area contributed by atoms with Gasteiger partial charge < -0.3 is 4.57 Å². The van der Waals surface area contributed by atoms with Gasteiger partial charge in [-0.05, 0) is 60.7 Å². The number of para-hydroxylation sites is 5. The minimum Gasteiger partial charge on any atom is -0.309 e. The van der Waals surface area contributed by atoms with Gasteiger partial charge in [-0.15, -0.1) is 11.3 Å². The van der Waals surface area contributed by atoms with E-state index in [1.165, 1.54) is 63.5 Å². The van der Waals surface area contributed by atoms with Crippen molar-refractivity contribution in [2.45, 2.75) is 13.8 Å². The quantitative estimate of drug-likeness (QED) is 0.179. The second-order valence-electron chi connectivity index (χ2n) is 13.6. The summed E-state index contributed by atoms with van der Waals surface area (Å²) in [6, 6.07) is 61.6. The number of hydrogen-bond acceptors (Lipinski definition) is 2. The molecular weight excluding hydrogens is 677 g/mol. The molecule has 12 aromatic rings. The fourth-order valence-corrected chi connectivity index (χ4v) is 9.82. The van der Waals surface area contributed by atoms with E-state index in [0.717, 1.165) is 39.4 Å². The molecule has 0 unspecified atom stereocenters. The summed E-state index contributed by atoms with van der Waals surface area (Å²) < 4.78 is 9.58. The minimum atomic E-state index is 0.913. The number of pyridine rings is 1. The molecule has 0 atom stereocenters. The molecule has 7 aromatic carbocycles. The molecule has 5 heterocycles. The highest BCUT2D eigenvalue weighted by atomic mass is 32.1. The largest absolute Gasteiger partial charge is 0.309 e. The van der Waals surface area contributed by atoms with E-state index in [2.05, 4.69) is 184 Å². The van der Waals surface area contributed by atoms with Crippen LogP contribution in [0.25, 0.3) is 103 Å². The zero-order valence-electron chi connectivity index (χ0n) is 29.9. The van der Waals surface area contributed by atoms with Gasteiger partial charge in [-0.3, -0.25) is 9.13 Å². The number of benzene rings is 7. The lowest BCUT2D eigenvalue weighted by molar-refractivity contribution is 1.03. The molecule has 0 saturated heterocycles. The van der Waals surface area contributed by atoms with Crippen LogP contribution >= 0.6 is 11.3 Å². The van der Waals surface area contributed by atoms with Crippen LogP contribution in [0.4, 0.5) is 0 Å². The Morgan fingerprint density at radius 1 is 0.370 bits per heavy atom. The maximum absolute atomic E-state index is 5.67. The Morgan fingerprint density at radius 2 is 0.796 bits per heavy atom. The Kier molecular flexibility index (Phi) is 6.82. The standard InChI is InChI=1S/C47H28N4S.C2H6/c1-7-19-38-30(13-1)31-14-2-8-20-39(31)49(38)29-25-26-43-36(27-29)34-17-5-11-23-42(34)51(43)47-46-37(35-18-6-12-24-44(35)52-46)28-45(48-47)50-40-21-9-3-15-32(40)33-16-4-10-22-41(33)50;1-2/h1-28H;1-2H3. The van der Waals surface area contributed by atoms with Gasteiger partial charge in [-0.2, -0.15) is 0 Å². The van der Waals surface area contributed by atoms with E-state index in [1.54, 1.807) is 0 Å². The second-order valence-corrected chi connectivity index (χ2v) is 14.6. The Bertz CT molecular complexity index is 3320. The first-order valence-electron chi connectivity index (χ1n) is 18.6. The lowest BCUT2D eigenvalue weighted by atomic mass is 10.1. The molecule has 0 fully saturated rings. The summed E-state index contributed by atoms with van der Waals surface area (Å²) in [5.41, 5.74) is 8.14. The van der Waals surface area contributed by atoms with Gasteiger partial charge >= 0.3 is 0 Å². The normalized spacial score (nSPS) is 11.9. The van der Waals surface area contributed by atoms with Crippen molar-refractivity contribution in [3.05, 3.63) is 170 Å². The second kappa shape index (κ2) is 11.9. The molecule has 0 radical (unpaired) electrons. The van der Waals surface area contributed by atoms with Crippen molar-refractivity contribution >= 4 is 96.9 Å². The van der Waals surface area contributed by atoms with Crippen LogP contribution in [0.1, 0.15) is 13.8 Å². The van der Waals surface area contributed by atoms with Gasteiger partial charge in [0.1, 0.15) is 5.82 Å². The predicted molar refractivity (Wildman–Crippen MR) is 231 cm³/mol. The van der Waals surface area contributed by atoms with Crippen LogP contribution in [0.3, 0.4) is 0 Å². The van der Waals surface area contributed by atoms with Gasteiger partial charge in [-0.1, -0.05) is 123 Å². The van der Waals surface area contributed by atoms with Gasteiger partial charge in [-0.25, -0.2) is 4.98 Å². The van der Waals surface area contributed by atoms with E-state index in [4.69, 9.17) is 4.98 Å². The Labute approximate surface area is 315 Å². The van der Waals surface area contributed by atoms with Crippen molar-refractivity contribution in [3.63, 3.8) is 0 Å². The van der Waals surface area contributed by atoms with Crippen LogP contribution in [0.5, 0.6) is 0 Å². The first-order chi connectivity index (χ1) is 26.8. The van der Waals surface area contributed by atoms with Gasteiger partial charge in [0.25, 0.3) is 0 Å². The van der Waals surface area contributed by atoms with Crippen molar-refractivity contribution in [1.82, 2.24) is 18.7 Å². The van der Waals surface area contributed by atoms with E-state index in [-0.39, 0.29) is 0 Å². The molecule has 0 bridgehead atoms. The fraction of sp³-hybridized carbons (Fsp3) is 0.0408. The topological polar surface area (TPSA) is 27.7 Å². The predicted octanol–water partition coefficient (Wildman–Crippen LogP) is 13.8. The Balaban J connectivity index is 0.00000168. The molecule has 0 saturated carbocycles. The summed E-state index contributed by atoms with van der Waals surface area (Å²) in [5.74, 6) is 1.86. The molecular formula is C49H34N4S. The highest BCUT2D eigenvalue weighted by Gasteiger charge is 2.22. The van der Waals surface area contributed by atoms with E-state index in [9.17, 15) is 0 Å². The van der Waals surface area contributed by atoms with Crippen LogP contribution < -0.4 is 0 Å². The van der Waals surface area contributed by atoms with Crippen molar-refractivity contribution in [2.75, 3.05) is 0 Å². The Morgan fingerprint density at radius 3 is 1.35 bits per heavy atom. The van der Waals surface area contributed by atoms with E-state index in [1.807, 2.05) is 25.2 Å². The third-order valence-corrected chi connectivity index (χ3v) is 12.0. The maximum atomic E-state index is 5.67. The molecule has 0 N–H and O–H groups in total. The van der Waals surface area contributed by atoms with Gasteiger partial charge in [0.15, 0.2) is 5.82 Å². The number of fused-ring (bicyclic) bond motifs is 12. The van der Waals surface area contributed by atoms with Crippen LogP contribution in [0.15, 0.2) is 170 Å². The average molecular weight is 711 g/mol. The third kappa shape index (κ3) is 4.27. The van der Waals surface area contributed by atoms with Crippen molar-refractivity contribution in [2.24, 2.45) is 0 Å². The molecule has 12 rings (SSSR count). The average Bonchev–Trinajstić information content (AvgIpc) is 3.98. The number of thiophene rings is 1. The molecule has 0 amide bonds. The van der Waals surface area contributed by atoms with Crippen molar-refractivity contribution in [3.8, 4) is 17.3 Å². The summed E-state index contributed by atoms with van der Waals surface area (Å²) in [5, 5.41) is 9.86. The number of hydrogen-bond donors (Lipinski definition) is 0. The molecule has 0 aliphatic carbocycles. The highest BCUT2D eigenvalue weighted by molar-refractivity contribution is 7.26. The van der Waals surface area contributed by atoms with Crippen LogP contribution in [0, 0.1) is 0 Å². The lowest BCUT2D eigenvalue weighted by Gasteiger charge is -2.14. The summed E-state index contributed by atoms with van der Waals surface area (Å²) in [6.45, 7) is 4.00. The van der Waals surface area contributed by atoms with Gasteiger partial charge in [0.2, 0.25) is 0 Å². The number of aromatic nitrogens is 4. The van der Waals surface area contributed by atoms with Crippen LogP contribution in [0.2, 0.25) is 0 Å². The highest BCUT2D eigenvalue weighted by Crippen LogP contribution is 2.43. The van der Waals surface area contributed by atoms with E-state index >= 15 is 0 Å². The van der Waals surface area contributed by atoms with Crippen LogP contribution in [-0.2, 0) is 0 Å². The lowest BCUT2D eigenvalue weighted by Crippen LogP contribution is -2.04. The first kappa shape index (κ1) is 30.9. The number of nitrogens with zero attached hydrogens (tertiary/aromatic N) is 4. The summed E-state index contributed by atoms with van der Waals surface area (Å²) in [4.78, 5) is 5.67. The molecule has 5 heteroatoms. The van der Waals surface area contributed by atoms with Gasteiger partial charge in [0.05, 0.1) is 37.8 Å². The molecule has 256 valence electrons. The molecule has 54 heavy (non-hydrogen) atoms. The molecule has 4 nitrogen and oxygen atoms in total.